The van der Waals surface area contributed by atoms with Gasteiger partial charge in [0.1, 0.15) is 17.9 Å². The van der Waals surface area contributed by atoms with E-state index in [-0.39, 0.29) is 30.8 Å². The number of ether oxygens (including phenoxy) is 4. The van der Waals surface area contributed by atoms with Gasteiger partial charge in [-0.3, -0.25) is 14.4 Å². The Morgan fingerprint density at radius 2 is 1.67 bits per heavy atom. The van der Waals surface area contributed by atoms with E-state index in [0.717, 1.165) is 37.3 Å². The molecule has 3 aliphatic rings. The minimum Gasteiger partial charge on any atom is -0.464 e. The second kappa shape index (κ2) is 18.4. The Labute approximate surface area is 290 Å². The van der Waals surface area contributed by atoms with Crippen molar-refractivity contribution < 1.29 is 42.6 Å². The molecular formula is C37H63NO9Si. The number of allylic oxidation sites excluding steroid dienone is 2. The summed E-state index contributed by atoms with van der Waals surface area (Å²) < 4.78 is 31.6. The standard InChI is InChI=1S/C37H63NO9Si/c1-10-11-20-48(8,9)47-37-28(5)23-32(44-7)33(46-37)31(43-6)22-27(4)21-25(2)15-17-29(39)18-16-26(3)24-45-36(42)30-14-12-13-19-38(30)35(41)34(37)40/h15,26-28,30-33H,10-14,16-24H2,1-9H3. The molecule has 0 saturated carbocycles. The molecule has 0 aromatic rings. The average Bonchev–Trinajstić information content (AvgIpc) is 3.06. The zero-order valence-electron chi connectivity index (χ0n) is 31.1. The molecule has 2 saturated heterocycles. The van der Waals surface area contributed by atoms with Crippen LogP contribution in [0, 0.1) is 17.8 Å². The summed E-state index contributed by atoms with van der Waals surface area (Å²) in [5.74, 6) is -4.11. The molecule has 0 aliphatic carbocycles. The van der Waals surface area contributed by atoms with E-state index in [0.29, 0.717) is 44.9 Å². The number of hydrogen-bond acceptors (Lipinski definition) is 9. The molecule has 8 unspecified atom stereocenters. The van der Waals surface area contributed by atoms with Crippen molar-refractivity contribution >= 4 is 31.8 Å². The molecule has 3 rings (SSSR count). The van der Waals surface area contributed by atoms with Gasteiger partial charge in [0.2, 0.25) is 5.79 Å². The third kappa shape index (κ3) is 10.5. The molecule has 0 radical (unpaired) electrons. The first kappa shape index (κ1) is 40.5. The van der Waals surface area contributed by atoms with Gasteiger partial charge in [0.25, 0.3) is 11.7 Å². The lowest BCUT2D eigenvalue weighted by Gasteiger charge is -2.51. The first-order valence-electron chi connectivity index (χ1n) is 18.3. The number of nitrogens with zero attached hydrogens (tertiary/aromatic N) is 1. The largest absolute Gasteiger partial charge is 0.464 e. The number of hydrogen-bond donors (Lipinski definition) is 0. The van der Waals surface area contributed by atoms with E-state index in [1.165, 1.54) is 4.90 Å². The molecule has 48 heavy (non-hydrogen) atoms. The summed E-state index contributed by atoms with van der Waals surface area (Å²) in [6.45, 7) is 14.7. The third-order valence-electron chi connectivity index (χ3n) is 10.4. The summed E-state index contributed by atoms with van der Waals surface area (Å²) in [7, 11) is 0.718. The summed E-state index contributed by atoms with van der Waals surface area (Å²) >= 11 is 0. The van der Waals surface area contributed by atoms with Gasteiger partial charge in [0.15, 0.2) is 8.32 Å². The molecule has 3 aliphatic heterocycles. The SMILES string of the molecule is CCCC[Si](C)(C)OC12OC(C(OC)CC(C)CC(C)=CCC(=O)CCC(C)COC(=O)C3CCCCN3C(=O)C1=O)C(OC)CC2C. The van der Waals surface area contributed by atoms with Crippen molar-refractivity contribution in [3.8, 4) is 0 Å². The topological polar surface area (TPSA) is 118 Å². The Morgan fingerprint density at radius 1 is 0.979 bits per heavy atom. The fourth-order valence-electron chi connectivity index (χ4n) is 7.47. The van der Waals surface area contributed by atoms with Gasteiger partial charge in [-0.05, 0) is 82.8 Å². The van der Waals surface area contributed by atoms with E-state index < -0.39 is 62.0 Å². The molecule has 0 spiro atoms. The smallest absolute Gasteiger partial charge is 0.328 e. The van der Waals surface area contributed by atoms with Gasteiger partial charge >= 0.3 is 5.97 Å². The Hall–Kier alpha value is -1.92. The molecule has 11 heteroatoms. The third-order valence-corrected chi connectivity index (χ3v) is 12.8. The van der Waals surface area contributed by atoms with E-state index in [9.17, 15) is 19.2 Å². The molecule has 1 amide bonds. The summed E-state index contributed by atoms with van der Waals surface area (Å²) in [4.78, 5) is 56.8. The quantitative estimate of drug-likeness (QED) is 0.129. The van der Waals surface area contributed by atoms with Crippen molar-refractivity contribution in [3.05, 3.63) is 11.6 Å². The van der Waals surface area contributed by atoms with Crippen molar-refractivity contribution in [2.45, 2.75) is 155 Å². The Balaban J connectivity index is 2.10. The number of piperidine rings is 1. The van der Waals surface area contributed by atoms with Gasteiger partial charge in [0, 0.05) is 39.5 Å². The second-order valence-electron chi connectivity index (χ2n) is 15.4. The highest BCUT2D eigenvalue weighted by atomic mass is 28.4. The highest BCUT2D eigenvalue weighted by molar-refractivity contribution is 6.71. The van der Waals surface area contributed by atoms with Crippen LogP contribution >= 0.6 is 0 Å². The van der Waals surface area contributed by atoms with Crippen LogP contribution in [0.3, 0.4) is 0 Å². The lowest BCUT2D eigenvalue weighted by molar-refractivity contribution is -0.295. The van der Waals surface area contributed by atoms with Gasteiger partial charge in [-0.25, -0.2) is 4.79 Å². The molecule has 2 bridgehead atoms. The Kier molecular flexibility index (Phi) is 15.5. The van der Waals surface area contributed by atoms with Gasteiger partial charge < -0.3 is 28.3 Å². The highest BCUT2D eigenvalue weighted by Crippen LogP contribution is 2.43. The van der Waals surface area contributed by atoms with E-state index in [4.69, 9.17) is 23.4 Å². The maximum atomic E-state index is 14.8. The summed E-state index contributed by atoms with van der Waals surface area (Å²) in [5, 5.41) is 0. The zero-order chi connectivity index (χ0) is 35.6. The van der Waals surface area contributed by atoms with Crippen molar-refractivity contribution in [1.29, 1.82) is 0 Å². The number of methoxy groups -OCH3 is 2. The summed E-state index contributed by atoms with van der Waals surface area (Å²) in [5.41, 5.74) is 1.12. The number of rotatable bonds is 7. The predicted molar refractivity (Wildman–Crippen MR) is 187 cm³/mol. The number of cyclic esters (lactones) is 1. The number of Topliss-reactive ketones (excluding diaryl/α,β-unsaturated/α-hetero) is 2. The van der Waals surface area contributed by atoms with Crippen molar-refractivity contribution in [2.24, 2.45) is 17.8 Å². The predicted octanol–water partition coefficient (Wildman–Crippen LogP) is 6.40. The van der Waals surface area contributed by atoms with E-state index in [1.807, 2.05) is 26.8 Å². The van der Waals surface area contributed by atoms with Crippen molar-refractivity contribution in [3.63, 3.8) is 0 Å². The number of fused-ring (bicyclic) bond motifs is 3. The molecule has 3 heterocycles. The second-order valence-corrected chi connectivity index (χ2v) is 19.6. The van der Waals surface area contributed by atoms with Crippen molar-refractivity contribution in [1.82, 2.24) is 4.90 Å². The highest BCUT2D eigenvalue weighted by Gasteiger charge is 2.60. The average molecular weight is 694 g/mol. The van der Waals surface area contributed by atoms with Gasteiger partial charge in [-0.1, -0.05) is 52.2 Å². The minimum absolute atomic E-state index is 0.0217. The molecule has 0 aromatic carbocycles. The van der Waals surface area contributed by atoms with Crippen molar-refractivity contribution in [2.75, 3.05) is 27.4 Å². The Morgan fingerprint density at radius 3 is 2.33 bits per heavy atom. The van der Waals surface area contributed by atoms with Crippen LogP contribution in [-0.2, 0) is 42.6 Å². The summed E-state index contributed by atoms with van der Waals surface area (Å²) in [6.07, 6.45) is 7.40. The minimum atomic E-state index is -2.55. The fraction of sp³-hybridized carbons (Fsp3) is 0.838. The van der Waals surface area contributed by atoms with Crippen LogP contribution in [0.2, 0.25) is 19.1 Å². The van der Waals surface area contributed by atoms with Crippen LogP contribution < -0.4 is 0 Å². The number of unbranched alkanes of at least 4 members (excludes halogenated alkanes) is 1. The van der Waals surface area contributed by atoms with Crippen LogP contribution in [0.4, 0.5) is 0 Å². The molecule has 274 valence electrons. The van der Waals surface area contributed by atoms with Crippen LogP contribution in [0.25, 0.3) is 0 Å². The molecule has 2 fully saturated rings. The van der Waals surface area contributed by atoms with Crippen LogP contribution in [0.1, 0.15) is 105 Å². The lowest BCUT2D eigenvalue weighted by Crippen LogP contribution is -2.67. The van der Waals surface area contributed by atoms with Gasteiger partial charge in [-0.15, -0.1) is 0 Å². The molecule has 10 nitrogen and oxygen atoms in total. The lowest BCUT2D eigenvalue weighted by atomic mass is 9.82. The van der Waals surface area contributed by atoms with E-state index in [1.54, 1.807) is 14.2 Å². The summed E-state index contributed by atoms with van der Waals surface area (Å²) in [6, 6.07) is -0.0701. The van der Waals surface area contributed by atoms with E-state index in [2.05, 4.69) is 26.9 Å². The zero-order valence-corrected chi connectivity index (χ0v) is 32.1. The number of esters is 1. The molecule has 8 atom stereocenters. The van der Waals surface area contributed by atoms with Gasteiger partial charge in [0.05, 0.1) is 18.8 Å². The number of amides is 1. The normalized spacial score (nSPS) is 34.1. The number of ketones is 2. The fourth-order valence-corrected chi connectivity index (χ4v) is 9.94. The first-order valence-corrected chi connectivity index (χ1v) is 21.4. The van der Waals surface area contributed by atoms with E-state index >= 15 is 0 Å². The monoisotopic (exact) mass is 693 g/mol. The maximum absolute atomic E-state index is 14.8. The van der Waals surface area contributed by atoms with Gasteiger partial charge in [-0.2, -0.15) is 0 Å². The first-order chi connectivity index (χ1) is 22.7. The molecule has 0 N–H and O–H groups in total. The number of carbonyl (C=O) groups is 4. The number of carbonyl (C=O) groups excluding carboxylic acids is 4. The maximum Gasteiger partial charge on any atom is 0.328 e. The Bertz CT molecular complexity index is 1140. The van der Waals surface area contributed by atoms with Crippen LogP contribution in [0.15, 0.2) is 11.6 Å². The molecular weight excluding hydrogens is 630 g/mol. The molecule has 0 aromatic heterocycles. The van der Waals surface area contributed by atoms with Crippen LogP contribution in [-0.4, -0.2) is 94.2 Å². The van der Waals surface area contributed by atoms with Crippen LogP contribution in [0.5, 0.6) is 0 Å².